The number of rotatable bonds is 6. The summed E-state index contributed by atoms with van der Waals surface area (Å²) >= 11 is 0. The normalized spacial score (nSPS) is 16.1. The largest absolute Gasteiger partial charge is 0.466 e. The molecular weight excluding hydrogens is 384 g/mol. The van der Waals surface area contributed by atoms with Gasteiger partial charge in [-0.05, 0) is 25.3 Å². The quantitative estimate of drug-likeness (QED) is 0.429. The smallest absolute Gasteiger partial charge is 0.336 e. The van der Waals surface area contributed by atoms with Crippen molar-refractivity contribution in [3.05, 3.63) is 62.5 Å². The summed E-state index contributed by atoms with van der Waals surface area (Å²) in [6, 6.07) is 6.44. The highest BCUT2D eigenvalue weighted by atomic mass is 16.6. The molecule has 1 aliphatic heterocycles. The van der Waals surface area contributed by atoms with Gasteiger partial charge in [0.1, 0.15) is 5.82 Å². The summed E-state index contributed by atoms with van der Waals surface area (Å²) in [7, 11) is 3.21. The predicted molar refractivity (Wildman–Crippen MR) is 114 cm³/mol. The Hall–Kier alpha value is -3.16. The van der Waals surface area contributed by atoms with E-state index >= 15 is 0 Å². The number of allylic oxidation sites excluding steroid dienone is 1. The van der Waals surface area contributed by atoms with Crippen LogP contribution in [0.4, 0.5) is 11.5 Å². The molecule has 1 aliphatic rings. The van der Waals surface area contributed by atoms with Crippen LogP contribution in [0.25, 0.3) is 0 Å². The molecule has 1 atom stereocenters. The first kappa shape index (κ1) is 21.5. The van der Waals surface area contributed by atoms with E-state index in [0.29, 0.717) is 16.8 Å². The molecule has 160 valence electrons. The maximum atomic E-state index is 12.8. The van der Waals surface area contributed by atoms with Gasteiger partial charge in [-0.1, -0.05) is 32.9 Å². The number of non-ortho nitro benzene ring substituents is 1. The van der Waals surface area contributed by atoms with Crippen molar-refractivity contribution in [1.29, 1.82) is 0 Å². The second kappa shape index (κ2) is 7.93. The van der Waals surface area contributed by atoms with E-state index in [-0.39, 0.29) is 11.1 Å². The summed E-state index contributed by atoms with van der Waals surface area (Å²) in [4.78, 5) is 23.8. The minimum atomic E-state index is -0.519. The molecule has 30 heavy (non-hydrogen) atoms. The molecule has 0 aliphatic carbocycles. The molecule has 0 amide bonds. The lowest BCUT2D eigenvalue weighted by atomic mass is 9.73. The van der Waals surface area contributed by atoms with E-state index in [1.807, 2.05) is 20.0 Å². The molecule has 1 aromatic carbocycles. The maximum Gasteiger partial charge on any atom is 0.336 e. The highest BCUT2D eigenvalue weighted by Gasteiger charge is 2.41. The zero-order chi connectivity index (χ0) is 22.2. The minimum absolute atomic E-state index is 0.0198. The number of nitrogens with one attached hydrogen (secondary N) is 1. The van der Waals surface area contributed by atoms with Crippen LogP contribution >= 0.6 is 0 Å². The number of carbonyl (C=O) groups excluding carboxylic acids is 1. The molecule has 1 aromatic heterocycles. The van der Waals surface area contributed by atoms with Crippen molar-refractivity contribution >= 4 is 17.5 Å². The molecule has 1 unspecified atom stereocenters. The second-order valence-corrected chi connectivity index (χ2v) is 7.94. The number of hydrogen-bond acceptors (Lipinski definition) is 6. The number of nitrogens with zero attached hydrogens (tertiary/aromatic N) is 3. The SMILES string of the molecule is CCC(C)(CC)c1nn(C)c2c1C(c1cccc([N+](=O)[O-])c1)C(C(=O)OC)=C(C)N2. The van der Waals surface area contributed by atoms with E-state index in [2.05, 4.69) is 26.1 Å². The van der Waals surface area contributed by atoms with Gasteiger partial charge in [0.15, 0.2) is 0 Å². The standard InChI is InChI=1S/C22H28N4O4/c1-7-22(4,8-2)19-18-17(14-10-9-11-15(12-14)26(28)29)16(21(27)30-6)13(3)23-20(18)25(5)24-19/h9-12,17,23H,7-8H2,1-6H3. The molecule has 0 saturated heterocycles. The number of esters is 1. The Morgan fingerprint density at radius 2 is 2.03 bits per heavy atom. The fraction of sp³-hybridized carbons (Fsp3) is 0.455. The number of methoxy groups -OCH3 is 1. The van der Waals surface area contributed by atoms with Crippen molar-refractivity contribution in [2.45, 2.75) is 51.9 Å². The van der Waals surface area contributed by atoms with Crippen LogP contribution in [0.1, 0.15) is 63.3 Å². The molecule has 2 aromatic rings. The number of aryl methyl sites for hydroxylation is 1. The van der Waals surface area contributed by atoms with Gasteiger partial charge in [-0.2, -0.15) is 5.10 Å². The second-order valence-electron chi connectivity index (χ2n) is 7.94. The Kier molecular flexibility index (Phi) is 5.70. The van der Waals surface area contributed by atoms with Gasteiger partial charge < -0.3 is 10.1 Å². The highest BCUT2D eigenvalue weighted by Crippen LogP contribution is 2.48. The fourth-order valence-corrected chi connectivity index (χ4v) is 4.13. The molecule has 1 N–H and O–H groups in total. The summed E-state index contributed by atoms with van der Waals surface area (Å²) in [5.74, 6) is -0.193. The van der Waals surface area contributed by atoms with Gasteiger partial charge in [0.25, 0.3) is 5.69 Å². The zero-order valence-corrected chi connectivity index (χ0v) is 18.3. The summed E-state index contributed by atoms with van der Waals surface area (Å²) in [6.45, 7) is 8.20. The zero-order valence-electron chi connectivity index (χ0n) is 18.3. The van der Waals surface area contributed by atoms with Gasteiger partial charge in [-0.3, -0.25) is 14.8 Å². The molecular formula is C22H28N4O4. The number of nitro groups is 1. The predicted octanol–water partition coefficient (Wildman–Crippen LogP) is 4.41. The summed E-state index contributed by atoms with van der Waals surface area (Å²) in [5, 5.41) is 19.6. The first-order chi connectivity index (χ1) is 14.2. The molecule has 3 rings (SSSR count). The molecule has 8 heteroatoms. The number of hydrogen-bond donors (Lipinski definition) is 1. The Labute approximate surface area is 176 Å². The topological polar surface area (TPSA) is 99.3 Å². The summed E-state index contributed by atoms with van der Waals surface area (Å²) in [5.41, 5.74) is 3.28. The molecule has 0 radical (unpaired) electrons. The van der Waals surface area contributed by atoms with Gasteiger partial charge in [0.05, 0.1) is 23.3 Å². The Morgan fingerprint density at radius 3 is 2.60 bits per heavy atom. The Morgan fingerprint density at radius 1 is 1.37 bits per heavy atom. The Balaban J connectivity index is 2.36. The summed E-state index contributed by atoms with van der Waals surface area (Å²) in [6.07, 6.45) is 1.73. The van der Waals surface area contributed by atoms with Crippen molar-refractivity contribution in [1.82, 2.24) is 9.78 Å². The first-order valence-electron chi connectivity index (χ1n) is 10.1. The van der Waals surface area contributed by atoms with Crippen LogP contribution in [-0.4, -0.2) is 27.8 Å². The first-order valence-corrected chi connectivity index (χ1v) is 10.1. The van der Waals surface area contributed by atoms with E-state index in [9.17, 15) is 14.9 Å². The van der Waals surface area contributed by atoms with Crippen LogP contribution in [0.5, 0.6) is 0 Å². The van der Waals surface area contributed by atoms with Crippen LogP contribution in [0.2, 0.25) is 0 Å². The van der Waals surface area contributed by atoms with Crippen molar-refractivity contribution < 1.29 is 14.5 Å². The molecule has 0 fully saturated rings. The minimum Gasteiger partial charge on any atom is -0.466 e. The van der Waals surface area contributed by atoms with Crippen LogP contribution < -0.4 is 5.32 Å². The molecule has 2 heterocycles. The lowest BCUT2D eigenvalue weighted by Crippen LogP contribution is -2.28. The third kappa shape index (κ3) is 3.36. The van der Waals surface area contributed by atoms with E-state index < -0.39 is 16.8 Å². The van der Waals surface area contributed by atoms with E-state index in [4.69, 9.17) is 9.84 Å². The van der Waals surface area contributed by atoms with Gasteiger partial charge in [-0.15, -0.1) is 0 Å². The number of carbonyl (C=O) groups is 1. The maximum absolute atomic E-state index is 12.8. The monoisotopic (exact) mass is 412 g/mol. The summed E-state index contributed by atoms with van der Waals surface area (Å²) < 4.78 is 6.88. The highest BCUT2D eigenvalue weighted by molar-refractivity contribution is 5.94. The van der Waals surface area contributed by atoms with Gasteiger partial charge in [0.2, 0.25) is 0 Å². The fourth-order valence-electron chi connectivity index (χ4n) is 4.13. The lowest BCUT2D eigenvalue weighted by Gasteiger charge is -2.32. The van der Waals surface area contributed by atoms with Crippen molar-refractivity contribution in [2.24, 2.45) is 7.05 Å². The molecule has 0 saturated carbocycles. The van der Waals surface area contributed by atoms with Gasteiger partial charge in [-0.25, -0.2) is 4.79 Å². The molecule has 0 spiro atoms. The average molecular weight is 412 g/mol. The van der Waals surface area contributed by atoms with Crippen LogP contribution in [0.3, 0.4) is 0 Å². The third-order valence-electron chi connectivity index (χ3n) is 6.32. The van der Waals surface area contributed by atoms with Crippen LogP contribution in [0.15, 0.2) is 35.5 Å². The Bertz CT molecular complexity index is 1030. The van der Waals surface area contributed by atoms with Crippen molar-refractivity contribution in [3.8, 4) is 0 Å². The average Bonchev–Trinajstić information content (AvgIpc) is 3.08. The van der Waals surface area contributed by atoms with E-state index in [0.717, 1.165) is 29.9 Å². The van der Waals surface area contributed by atoms with Crippen molar-refractivity contribution in [2.75, 3.05) is 12.4 Å². The van der Waals surface area contributed by atoms with Crippen LogP contribution in [-0.2, 0) is 22.0 Å². The number of nitro benzene ring substituents is 1. The number of benzene rings is 1. The van der Waals surface area contributed by atoms with Crippen molar-refractivity contribution in [3.63, 3.8) is 0 Å². The van der Waals surface area contributed by atoms with Gasteiger partial charge in [0, 0.05) is 41.8 Å². The van der Waals surface area contributed by atoms with E-state index in [1.165, 1.54) is 19.2 Å². The number of aromatic nitrogens is 2. The van der Waals surface area contributed by atoms with Crippen LogP contribution in [0, 0.1) is 10.1 Å². The number of ether oxygens (including phenoxy) is 1. The number of fused-ring (bicyclic) bond motifs is 1. The third-order valence-corrected chi connectivity index (χ3v) is 6.32. The molecule has 8 nitrogen and oxygen atoms in total. The number of anilines is 1. The van der Waals surface area contributed by atoms with E-state index in [1.54, 1.807) is 10.7 Å². The molecule has 0 bridgehead atoms. The lowest BCUT2D eigenvalue weighted by molar-refractivity contribution is -0.384. The van der Waals surface area contributed by atoms with Gasteiger partial charge >= 0.3 is 5.97 Å².